The second kappa shape index (κ2) is 5.37. The molecule has 7 heteroatoms. The molecule has 0 aromatic heterocycles. The first-order chi connectivity index (χ1) is 7.87. The second-order valence-corrected chi connectivity index (χ2v) is 5.68. The van der Waals surface area contributed by atoms with Gasteiger partial charge in [-0.05, 0) is 31.2 Å². The standard InChI is InChI=1S/C10H11ClO5S/c1-7(16-10(11)12)17(13,14)9-5-3-8(15-2)4-6-9/h3-7H,1-2H3. The van der Waals surface area contributed by atoms with E-state index in [9.17, 15) is 13.2 Å². The van der Waals surface area contributed by atoms with Crippen LogP contribution in [0.15, 0.2) is 29.2 Å². The maximum absolute atomic E-state index is 11.9. The fraction of sp³-hybridized carbons (Fsp3) is 0.300. The molecular formula is C10H11ClO5S. The Labute approximate surface area is 104 Å². The average molecular weight is 279 g/mol. The van der Waals surface area contributed by atoms with E-state index in [1.807, 2.05) is 0 Å². The quantitative estimate of drug-likeness (QED) is 0.790. The van der Waals surface area contributed by atoms with Crippen molar-refractivity contribution in [1.82, 2.24) is 0 Å². The van der Waals surface area contributed by atoms with Gasteiger partial charge in [0, 0.05) is 11.6 Å². The van der Waals surface area contributed by atoms with Crippen LogP contribution in [0.5, 0.6) is 5.75 Å². The molecule has 1 aromatic carbocycles. The molecule has 0 spiro atoms. The number of carbonyl (C=O) groups excluding carboxylic acids is 1. The Bertz CT molecular complexity index is 494. The van der Waals surface area contributed by atoms with Crippen LogP contribution < -0.4 is 4.74 Å². The lowest BCUT2D eigenvalue weighted by Crippen LogP contribution is -2.22. The molecule has 0 aliphatic heterocycles. The van der Waals surface area contributed by atoms with E-state index in [4.69, 9.17) is 16.3 Å². The van der Waals surface area contributed by atoms with Gasteiger partial charge >= 0.3 is 5.43 Å². The van der Waals surface area contributed by atoms with E-state index in [1.54, 1.807) is 0 Å². The highest BCUT2D eigenvalue weighted by molar-refractivity contribution is 7.91. The van der Waals surface area contributed by atoms with Gasteiger partial charge < -0.3 is 9.47 Å². The number of carbonyl (C=O) groups is 1. The van der Waals surface area contributed by atoms with Crippen molar-refractivity contribution in [3.8, 4) is 5.75 Å². The normalized spacial score (nSPS) is 12.9. The highest BCUT2D eigenvalue weighted by Crippen LogP contribution is 2.20. The maximum Gasteiger partial charge on any atom is 0.405 e. The Morgan fingerprint density at radius 2 is 1.82 bits per heavy atom. The molecule has 1 aromatic rings. The molecule has 0 saturated carbocycles. The van der Waals surface area contributed by atoms with Crippen molar-refractivity contribution in [3.63, 3.8) is 0 Å². The number of hydrogen-bond donors (Lipinski definition) is 0. The van der Waals surface area contributed by atoms with Crippen LogP contribution in [0.2, 0.25) is 0 Å². The molecule has 1 atom stereocenters. The summed E-state index contributed by atoms with van der Waals surface area (Å²) in [6.45, 7) is 1.24. The van der Waals surface area contributed by atoms with Gasteiger partial charge in [0.1, 0.15) is 5.75 Å². The van der Waals surface area contributed by atoms with Gasteiger partial charge in [0.05, 0.1) is 12.0 Å². The Kier molecular flexibility index (Phi) is 4.36. The van der Waals surface area contributed by atoms with Gasteiger partial charge in [-0.2, -0.15) is 0 Å². The molecule has 94 valence electrons. The van der Waals surface area contributed by atoms with E-state index >= 15 is 0 Å². The number of benzene rings is 1. The molecule has 0 saturated heterocycles. The Hall–Kier alpha value is -1.27. The molecule has 0 radical (unpaired) electrons. The first-order valence-corrected chi connectivity index (χ1v) is 6.54. The van der Waals surface area contributed by atoms with Crippen molar-refractivity contribution in [1.29, 1.82) is 0 Å². The largest absolute Gasteiger partial charge is 0.497 e. The Morgan fingerprint density at radius 3 is 2.24 bits per heavy atom. The van der Waals surface area contributed by atoms with Gasteiger partial charge in [0.15, 0.2) is 0 Å². The molecule has 17 heavy (non-hydrogen) atoms. The van der Waals surface area contributed by atoms with Gasteiger partial charge in [0.2, 0.25) is 15.3 Å². The van der Waals surface area contributed by atoms with Gasteiger partial charge in [0.25, 0.3) is 0 Å². The molecule has 0 heterocycles. The second-order valence-electron chi connectivity index (χ2n) is 3.14. The summed E-state index contributed by atoms with van der Waals surface area (Å²) in [7, 11) is -2.27. The van der Waals surface area contributed by atoms with Crippen LogP contribution in [-0.2, 0) is 14.6 Å². The first kappa shape index (κ1) is 13.8. The van der Waals surface area contributed by atoms with Crippen molar-refractivity contribution in [2.45, 2.75) is 17.3 Å². The highest BCUT2D eigenvalue weighted by atomic mass is 35.5. The van der Waals surface area contributed by atoms with Crippen molar-refractivity contribution in [2.24, 2.45) is 0 Å². The monoisotopic (exact) mass is 278 g/mol. The average Bonchev–Trinajstić information content (AvgIpc) is 2.28. The van der Waals surface area contributed by atoms with Gasteiger partial charge in [-0.15, -0.1) is 0 Å². The lowest BCUT2D eigenvalue weighted by atomic mass is 10.3. The predicted octanol–water partition coefficient (Wildman–Crippen LogP) is 2.19. The summed E-state index contributed by atoms with van der Waals surface area (Å²) in [6, 6.07) is 5.74. The summed E-state index contributed by atoms with van der Waals surface area (Å²) in [5.74, 6) is 0.533. The summed E-state index contributed by atoms with van der Waals surface area (Å²) in [5.41, 5.74) is -2.49. The summed E-state index contributed by atoms with van der Waals surface area (Å²) in [4.78, 5) is 10.5. The smallest absolute Gasteiger partial charge is 0.405 e. The summed E-state index contributed by atoms with van der Waals surface area (Å²) in [5, 5.41) is 0. The summed E-state index contributed by atoms with van der Waals surface area (Å²) >= 11 is 4.97. The molecule has 0 N–H and O–H groups in total. The van der Waals surface area contributed by atoms with Crippen LogP contribution in [0, 0.1) is 0 Å². The summed E-state index contributed by atoms with van der Waals surface area (Å²) < 4.78 is 33.1. The van der Waals surface area contributed by atoms with E-state index in [0.717, 1.165) is 0 Å². The number of halogens is 1. The minimum absolute atomic E-state index is 0.0312. The highest BCUT2D eigenvalue weighted by Gasteiger charge is 2.26. The zero-order valence-corrected chi connectivity index (χ0v) is 10.8. The number of hydrogen-bond acceptors (Lipinski definition) is 5. The van der Waals surface area contributed by atoms with Crippen LogP contribution in [0.25, 0.3) is 0 Å². The molecule has 0 bridgehead atoms. The summed E-state index contributed by atoms with van der Waals surface area (Å²) in [6.07, 6.45) is 0. The lowest BCUT2D eigenvalue weighted by Gasteiger charge is -2.12. The number of methoxy groups -OCH3 is 1. The van der Waals surface area contributed by atoms with Crippen molar-refractivity contribution in [2.75, 3.05) is 7.11 Å². The van der Waals surface area contributed by atoms with Crippen molar-refractivity contribution >= 4 is 26.9 Å². The Balaban J connectivity index is 3.00. The molecule has 0 aliphatic rings. The molecule has 0 fully saturated rings. The molecule has 1 rings (SSSR count). The van der Waals surface area contributed by atoms with Crippen LogP contribution in [0.4, 0.5) is 4.79 Å². The number of rotatable bonds is 4. The van der Waals surface area contributed by atoms with Crippen LogP contribution >= 0.6 is 11.6 Å². The molecule has 5 nitrogen and oxygen atoms in total. The van der Waals surface area contributed by atoms with Crippen LogP contribution in [-0.4, -0.2) is 26.4 Å². The third kappa shape index (κ3) is 3.34. The van der Waals surface area contributed by atoms with Crippen LogP contribution in [0.1, 0.15) is 6.92 Å². The number of ether oxygens (including phenoxy) is 2. The van der Waals surface area contributed by atoms with E-state index in [1.165, 1.54) is 38.3 Å². The zero-order chi connectivity index (χ0) is 13.1. The third-order valence-electron chi connectivity index (χ3n) is 2.08. The van der Waals surface area contributed by atoms with Gasteiger partial charge in [-0.25, -0.2) is 13.2 Å². The third-order valence-corrected chi connectivity index (χ3v) is 4.07. The maximum atomic E-state index is 11.9. The topological polar surface area (TPSA) is 69.7 Å². The SMILES string of the molecule is COc1ccc(S(=O)(=O)C(C)OC(=O)Cl)cc1. The predicted molar refractivity (Wildman–Crippen MR) is 62.0 cm³/mol. The van der Waals surface area contributed by atoms with E-state index in [2.05, 4.69) is 4.74 Å². The van der Waals surface area contributed by atoms with E-state index in [0.29, 0.717) is 5.75 Å². The lowest BCUT2D eigenvalue weighted by molar-refractivity contribution is 0.164. The first-order valence-electron chi connectivity index (χ1n) is 4.62. The van der Waals surface area contributed by atoms with Crippen molar-refractivity contribution in [3.05, 3.63) is 24.3 Å². The molecule has 1 unspecified atom stereocenters. The van der Waals surface area contributed by atoms with E-state index in [-0.39, 0.29) is 4.90 Å². The minimum atomic E-state index is -3.74. The molecular weight excluding hydrogens is 268 g/mol. The Morgan fingerprint density at radius 1 is 1.29 bits per heavy atom. The molecule has 0 amide bonds. The van der Waals surface area contributed by atoms with Gasteiger partial charge in [-0.1, -0.05) is 0 Å². The van der Waals surface area contributed by atoms with E-state index < -0.39 is 20.7 Å². The zero-order valence-electron chi connectivity index (χ0n) is 9.21. The van der Waals surface area contributed by atoms with Crippen molar-refractivity contribution < 1.29 is 22.7 Å². The minimum Gasteiger partial charge on any atom is -0.497 e. The fourth-order valence-corrected chi connectivity index (χ4v) is 2.45. The molecule has 0 aliphatic carbocycles. The van der Waals surface area contributed by atoms with Gasteiger partial charge in [-0.3, -0.25) is 0 Å². The fourth-order valence-electron chi connectivity index (χ4n) is 1.15. The van der Waals surface area contributed by atoms with Crippen LogP contribution in [0.3, 0.4) is 0 Å². The number of sulfone groups is 1.